The predicted molar refractivity (Wildman–Crippen MR) is 192 cm³/mol. The molecule has 0 saturated carbocycles. The van der Waals surface area contributed by atoms with E-state index in [1.807, 2.05) is 69.3 Å². The Balaban J connectivity index is 1.17. The van der Waals surface area contributed by atoms with Crippen molar-refractivity contribution >= 4 is 50.7 Å². The number of phenols is 2. The highest BCUT2D eigenvalue weighted by atomic mass is 32.1. The van der Waals surface area contributed by atoms with E-state index in [1.165, 1.54) is 6.07 Å². The van der Waals surface area contributed by atoms with E-state index in [4.69, 9.17) is 14.7 Å². The smallest absolute Gasteiger partial charge is 0.323 e. The summed E-state index contributed by atoms with van der Waals surface area (Å²) in [5.74, 6) is 0.903. The standard InChI is InChI=1S/C37H38N6O5S/c1-21(2)27-18-28(30(45)19-29(27)44)36(46)43-12-11-26-31(20-43)49-35-32(26)34(42-13-15-48-16-14-42)40-33(41-35)23-7-9-24(10-8-23)38-37(47)39-25-6-4-5-22(3)17-25/h4-10,17-19,21,44-45H,11-16,20H2,1-3H3,(H2,38,39,47). The number of rotatable bonds is 6. The molecule has 3 aromatic carbocycles. The summed E-state index contributed by atoms with van der Waals surface area (Å²) in [7, 11) is 0. The SMILES string of the molecule is Cc1cccc(NC(=O)Nc2ccc(-c3nc(N4CCOCC4)c4c5c(sc4n3)CN(C(=O)c3cc(C(C)C)c(O)cc3O)CC5)cc2)c1. The number of aryl methyl sites for hydroxylation is 1. The molecule has 4 heterocycles. The molecule has 11 nitrogen and oxygen atoms in total. The Morgan fingerprint density at radius 1 is 0.918 bits per heavy atom. The van der Waals surface area contributed by atoms with Crippen molar-refractivity contribution in [3.05, 3.63) is 87.8 Å². The fourth-order valence-electron chi connectivity index (χ4n) is 6.40. The highest BCUT2D eigenvalue weighted by Gasteiger charge is 2.31. The maximum absolute atomic E-state index is 13.7. The molecule has 49 heavy (non-hydrogen) atoms. The largest absolute Gasteiger partial charge is 0.508 e. The Bertz CT molecular complexity index is 2060. The molecule has 2 aromatic heterocycles. The van der Waals surface area contributed by atoms with E-state index < -0.39 is 0 Å². The van der Waals surface area contributed by atoms with Gasteiger partial charge in [-0.15, -0.1) is 11.3 Å². The number of morpholine rings is 1. The summed E-state index contributed by atoms with van der Waals surface area (Å²) < 4.78 is 5.65. The number of phenolic OH excluding ortho intramolecular Hbond substituents is 2. The summed E-state index contributed by atoms with van der Waals surface area (Å²) >= 11 is 1.56. The van der Waals surface area contributed by atoms with Crippen LogP contribution in [0.25, 0.3) is 21.6 Å². The summed E-state index contributed by atoms with van der Waals surface area (Å²) in [6, 6.07) is 17.6. The quantitative estimate of drug-likeness (QED) is 0.152. The van der Waals surface area contributed by atoms with Gasteiger partial charge in [0, 0.05) is 47.5 Å². The van der Waals surface area contributed by atoms with Crippen LogP contribution in [0, 0.1) is 6.92 Å². The zero-order valence-electron chi connectivity index (χ0n) is 27.6. The molecule has 12 heteroatoms. The van der Waals surface area contributed by atoms with E-state index in [2.05, 4.69) is 15.5 Å². The van der Waals surface area contributed by atoms with Gasteiger partial charge in [0.1, 0.15) is 22.1 Å². The fourth-order valence-corrected chi connectivity index (χ4v) is 7.63. The van der Waals surface area contributed by atoms with E-state index >= 15 is 0 Å². The molecule has 2 aliphatic heterocycles. The van der Waals surface area contributed by atoms with Gasteiger partial charge in [0.05, 0.1) is 30.7 Å². The summed E-state index contributed by atoms with van der Waals surface area (Å²) in [5, 5.41) is 27.7. The minimum absolute atomic E-state index is 0.00919. The number of amides is 3. The third kappa shape index (κ3) is 6.61. The fraction of sp³-hybridized carbons (Fsp3) is 0.297. The number of anilines is 3. The van der Waals surface area contributed by atoms with Gasteiger partial charge in [0.15, 0.2) is 5.82 Å². The van der Waals surface area contributed by atoms with Gasteiger partial charge in [-0.05, 0) is 78.4 Å². The van der Waals surface area contributed by atoms with Gasteiger partial charge < -0.3 is 35.4 Å². The number of fused-ring (bicyclic) bond motifs is 3. The van der Waals surface area contributed by atoms with E-state index in [0.29, 0.717) is 62.9 Å². The van der Waals surface area contributed by atoms with E-state index in [1.54, 1.807) is 22.3 Å². The van der Waals surface area contributed by atoms with Crippen molar-refractivity contribution < 1.29 is 24.5 Å². The van der Waals surface area contributed by atoms with Crippen LogP contribution >= 0.6 is 11.3 Å². The van der Waals surface area contributed by atoms with Crippen molar-refractivity contribution in [1.82, 2.24) is 14.9 Å². The number of hydrogen-bond acceptors (Lipinski definition) is 9. The summed E-state index contributed by atoms with van der Waals surface area (Å²) in [6.45, 7) is 9.33. The second kappa shape index (κ2) is 13.4. The number of hydrogen-bond donors (Lipinski definition) is 4. The lowest BCUT2D eigenvalue weighted by Crippen LogP contribution is -2.37. The van der Waals surface area contributed by atoms with Crippen LogP contribution in [-0.2, 0) is 17.7 Å². The highest BCUT2D eigenvalue weighted by Crippen LogP contribution is 2.41. The van der Waals surface area contributed by atoms with E-state index in [-0.39, 0.29) is 34.9 Å². The molecular formula is C37H38N6O5S. The van der Waals surface area contributed by atoms with Crippen molar-refractivity contribution in [2.24, 2.45) is 0 Å². The van der Waals surface area contributed by atoms with Gasteiger partial charge in [0.2, 0.25) is 0 Å². The monoisotopic (exact) mass is 678 g/mol. The number of urea groups is 1. The molecule has 0 aliphatic carbocycles. The first-order valence-corrected chi connectivity index (χ1v) is 17.2. The third-order valence-corrected chi connectivity index (χ3v) is 10.1. The molecule has 4 N–H and O–H groups in total. The summed E-state index contributed by atoms with van der Waals surface area (Å²) in [6.07, 6.45) is 0.627. The lowest BCUT2D eigenvalue weighted by molar-refractivity contribution is 0.0734. The van der Waals surface area contributed by atoms with E-state index in [9.17, 15) is 19.8 Å². The molecule has 5 aromatic rings. The molecule has 0 unspecified atom stereocenters. The molecule has 2 aliphatic rings. The average molecular weight is 679 g/mol. The molecule has 0 spiro atoms. The topological polar surface area (TPSA) is 140 Å². The van der Waals surface area contributed by atoms with Crippen LogP contribution in [0.3, 0.4) is 0 Å². The zero-order chi connectivity index (χ0) is 34.2. The number of carbonyl (C=O) groups excluding carboxylic acids is 2. The molecule has 1 saturated heterocycles. The first-order chi connectivity index (χ1) is 23.6. The van der Waals surface area contributed by atoms with Gasteiger partial charge in [-0.3, -0.25) is 4.79 Å². The first kappa shape index (κ1) is 32.4. The van der Waals surface area contributed by atoms with Crippen LogP contribution in [-0.4, -0.2) is 69.9 Å². The van der Waals surface area contributed by atoms with Gasteiger partial charge in [-0.25, -0.2) is 14.8 Å². The van der Waals surface area contributed by atoms with Crippen molar-refractivity contribution in [2.75, 3.05) is 48.4 Å². The number of nitrogens with zero attached hydrogens (tertiary/aromatic N) is 4. The highest BCUT2D eigenvalue weighted by molar-refractivity contribution is 7.19. The van der Waals surface area contributed by atoms with Crippen LogP contribution in [0.1, 0.15) is 51.7 Å². The van der Waals surface area contributed by atoms with Crippen molar-refractivity contribution in [3.8, 4) is 22.9 Å². The molecule has 7 rings (SSSR count). The number of aromatic hydroxyl groups is 2. The average Bonchev–Trinajstić information content (AvgIpc) is 3.46. The maximum atomic E-state index is 13.7. The number of benzene rings is 3. The minimum Gasteiger partial charge on any atom is -0.508 e. The molecular weight excluding hydrogens is 641 g/mol. The lowest BCUT2D eigenvalue weighted by Gasteiger charge is -2.30. The van der Waals surface area contributed by atoms with Gasteiger partial charge in [0.25, 0.3) is 5.91 Å². The lowest BCUT2D eigenvalue weighted by atomic mass is 9.97. The Labute approximate surface area is 288 Å². The minimum atomic E-state index is -0.330. The summed E-state index contributed by atoms with van der Waals surface area (Å²) in [5.41, 5.74) is 5.18. The Kier molecular flexibility index (Phi) is 8.82. The number of ether oxygens (including phenoxy) is 1. The van der Waals surface area contributed by atoms with Crippen molar-refractivity contribution in [3.63, 3.8) is 0 Å². The van der Waals surface area contributed by atoms with Crippen molar-refractivity contribution in [1.29, 1.82) is 0 Å². The van der Waals surface area contributed by atoms with Gasteiger partial charge in [-0.2, -0.15) is 0 Å². The van der Waals surface area contributed by atoms with Gasteiger partial charge >= 0.3 is 6.03 Å². The maximum Gasteiger partial charge on any atom is 0.323 e. The number of nitrogens with one attached hydrogen (secondary N) is 2. The van der Waals surface area contributed by atoms with Crippen LogP contribution in [0.2, 0.25) is 0 Å². The molecule has 252 valence electrons. The van der Waals surface area contributed by atoms with E-state index in [0.717, 1.165) is 43.3 Å². The Morgan fingerprint density at radius 2 is 1.67 bits per heavy atom. The molecule has 0 radical (unpaired) electrons. The zero-order valence-corrected chi connectivity index (χ0v) is 28.4. The molecule has 3 amide bonds. The molecule has 1 fully saturated rings. The third-order valence-electron chi connectivity index (χ3n) is 8.95. The second-order valence-corrected chi connectivity index (χ2v) is 13.8. The number of carbonyl (C=O) groups is 2. The second-order valence-electron chi connectivity index (χ2n) is 12.7. The van der Waals surface area contributed by atoms with Crippen LogP contribution in [0.4, 0.5) is 22.0 Å². The van der Waals surface area contributed by atoms with Crippen molar-refractivity contribution in [2.45, 2.75) is 39.7 Å². The normalized spacial score (nSPS) is 14.6. The number of aromatic nitrogens is 2. The van der Waals surface area contributed by atoms with Crippen LogP contribution < -0.4 is 15.5 Å². The number of thiophene rings is 1. The molecule has 0 bridgehead atoms. The Morgan fingerprint density at radius 3 is 2.41 bits per heavy atom. The Hall–Kier alpha value is -5.20. The molecule has 0 atom stereocenters. The predicted octanol–water partition coefficient (Wildman–Crippen LogP) is 6.88. The van der Waals surface area contributed by atoms with Gasteiger partial charge in [-0.1, -0.05) is 26.0 Å². The first-order valence-electron chi connectivity index (χ1n) is 16.4. The van der Waals surface area contributed by atoms with Crippen LogP contribution in [0.5, 0.6) is 11.5 Å². The van der Waals surface area contributed by atoms with Crippen LogP contribution in [0.15, 0.2) is 60.7 Å². The summed E-state index contributed by atoms with van der Waals surface area (Å²) in [4.78, 5) is 42.3.